The maximum absolute atomic E-state index is 15.5. The zero-order chi connectivity index (χ0) is 19.9. The number of nitrogens with one attached hydrogen (secondary N) is 1. The number of amidine groups is 1. The second-order valence-electron chi connectivity index (χ2n) is 6.57. The van der Waals surface area contributed by atoms with Gasteiger partial charge in [0.25, 0.3) is 11.9 Å². The fourth-order valence-electron chi connectivity index (χ4n) is 3.32. The molecule has 1 amide bonds. The van der Waals surface area contributed by atoms with E-state index in [1.165, 1.54) is 30.5 Å². The third kappa shape index (κ3) is 2.96. The van der Waals surface area contributed by atoms with E-state index < -0.39 is 29.5 Å². The summed E-state index contributed by atoms with van der Waals surface area (Å²) in [6.07, 6.45) is 1.33. The van der Waals surface area contributed by atoms with Crippen LogP contribution in [0.3, 0.4) is 0 Å². The molecule has 0 bridgehead atoms. The maximum atomic E-state index is 15.5. The molecule has 2 aromatic rings. The second-order valence-corrected chi connectivity index (χ2v) is 7.00. The summed E-state index contributed by atoms with van der Waals surface area (Å²) >= 11 is 5.76. The molecule has 3 N–H and O–H groups in total. The summed E-state index contributed by atoms with van der Waals surface area (Å²) in [5, 5.41) is 2.98. The van der Waals surface area contributed by atoms with Crippen molar-refractivity contribution in [1.82, 2.24) is 4.98 Å². The Morgan fingerprint density at radius 1 is 1.25 bits per heavy atom. The number of amides is 1. The zero-order valence-corrected chi connectivity index (χ0v) is 15.2. The number of carbonyl (C=O) groups excluding carboxylic acids is 1. The number of alkyl halides is 1. The molecule has 1 saturated heterocycles. The molecule has 3 heterocycles. The van der Waals surface area contributed by atoms with E-state index in [0.29, 0.717) is 5.02 Å². The van der Waals surface area contributed by atoms with Crippen LogP contribution >= 0.6 is 11.6 Å². The number of benzene rings is 1. The highest BCUT2D eigenvalue weighted by atomic mass is 35.5. The molecular formula is C18H15ClF2N4O3. The van der Waals surface area contributed by atoms with Crippen molar-refractivity contribution >= 4 is 29.2 Å². The number of carbonyl (C=O) groups is 1. The first-order valence-corrected chi connectivity index (χ1v) is 8.68. The largest absolute Gasteiger partial charge is 0.462 e. The minimum atomic E-state index is -2.09. The van der Waals surface area contributed by atoms with Gasteiger partial charge in [0.05, 0.1) is 18.2 Å². The van der Waals surface area contributed by atoms with Crippen LogP contribution in [0.25, 0.3) is 0 Å². The maximum Gasteiger partial charge on any atom is 0.283 e. The number of nitrogens with two attached hydrogens (primary N) is 1. The molecular weight excluding hydrogens is 394 g/mol. The Labute approximate surface area is 163 Å². The molecule has 2 atom stereocenters. The van der Waals surface area contributed by atoms with Crippen LogP contribution in [0.1, 0.15) is 16.1 Å². The number of pyridine rings is 1. The lowest BCUT2D eigenvalue weighted by Crippen LogP contribution is -2.55. The average molecular weight is 409 g/mol. The molecule has 2 aliphatic heterocycles. The van der Waals surface area contributed by atoms with Crippen molar-refractivity contribution in [1.29, 1.82) is 0 Å². The van der Waals surface area contributed by atoms with Crippen LogP contribution in [-0.2, 0) is 15.0 Å². The zero-order valence-electron chi connectivity index (χ0n) is 14.4. The number of halogens is 3. The number of fused-ring (bicyclic) bond motifs is 1. The van der Waals surface area contributed by atoms with E-state index in [9.17, 15) is 9.18 Å². The van der Waals surface area contributed by atoms with Crippen molar-refractivity contribution < 1.29 is 23.0 Å². The molecule has 0 aliphatic carbocycles. The lowest BCUT2D eigenvalue weighted by atomic mass is 9.78. The summed E-state index contributed by atoms with van der Waals surface area (Å²) in [4.78, 5) is 20.3. The predicted molar refractivity (Wildman–Crippen MR) is 97.5 cm³/mol. The van der Waals surface area contributed by atoms with Gasteiger partial charge in [-0.2, -0.15) is 0 Å². The number of nitrogens with zero attached hydrogens (tertiary/aromatic N) is 2. The Hall–Kier alpha value is -2.78. The van der Waals surface area contributed by atoms with Crippen molar-refractivity contribution in [3.63, 3.8) is 0 Å². The number of aromatic nitrogens is 1. The van der Waals surface area contributed by atoms with E-state index in [1.54, 1.807) is 0 Å². The van der Waals surface area contributed by atoms with Crippen LogP contribution in [0, 0.1) is 5.82 Å². The van der Waals surface area contributed by atoms with Crippen LogP contribution in [0.15, 0.2) is 41.5 Å². The highest BCUT2D eigenvalue weighted by Crippen LogP contribution is 2.48. The van der Waals surface area contributed by atoms with Gasteiger partial charge in [0.15, 0.2) is 11.2 Å². The fraction of sp³-hybridized carbons (Fsp3) is 0.278. The fourth-order valence-corrected chi connectivity index (χ4v) is 3.43. The molecule has 1 aromatic heterocycles. The Morgan fingerprint density at radius 3 is 2.82 bits per heavy atom. The first kappa shape index (κ1) is 18.6. The van der Waals surface area contributed by atoms with Gasteiger partial charge in [-0.25, -0.2) is 18.8 Å². The highest BCUT2D eigenvalue weighted by Gasteiger charge is 2.62. The molecule has 1 aromatic carbocycles. The Kier molecular flexibility index (Phi) is 4.43. The van der Waals surface area contributed by atoms with Crippen molar-refractivity contribution in [2.45, 2.75) is 11.2 Å². The summed E-state index contributed by atoms with van der Waals surface area (Å²) in [7, 11) is 0. The van der Waals surface area contributed by atoms with Gasteiger partial charge in [-0.05, 0) is 30.3 Å². The molecule has 0 unspecified atom stereocenters. The molecule has 0 saturated carbocycles. The topological polar surface area (TPSA) is 98.8 Å². The molecule has 2 aliphatic rings. The van der Waals surface area contributed by atoms with Crippen LogP contribution in [-0.4, -0.2) is 42.4 Å². The molecule has 1 fully saturated rings. The van der Waals surface area contributed by atoms with E-state index in [2.05, 4.69) is 15.3 Å². The number of hydrogen-bond acceptors (Lipinski definition) is 6. The summed E-state index contributed by atoms with van der Waals surface area (Å²) in [6, 6.07) is 6.50. The monoisotopic (exact) mass is 408 g/mol. The number of ether oxygens (including phenoxy) is 2. The summed E-state index contributed by atoms with van der Waals surface area (Å²) in [5.74, 6) is -1.23. The molecule has 10 heteroatoms. The summed E-state index contributed by atoms with van der Waals surface area (Å²) < 4.78 is 40.4. The van der Waals surface area contributed by atoms with Crippen molar-refractivity contribution in [2.24, 2.45) is 10.7 Å². The number of hydrogen-bond donors (Lipinski definition) is 2. The average Bonchev–Trinajstić information content (AvgIpc) is 3.01. The first-order chi connectivity index (χ1) is 13.3. The van der Waals surface area contributed by atoms with E-state index in [4.69, 9.17) is 26.8 Å². The molecule has 28 heavy (non-hydrogen) atoms. The van der Waals surface area contributed by atoms with Crippen molar-refractivity contribution in [3.05, 3.63) is 58.6 Å². The summed E-state index contributed by atoms with van der Waals surface area (Å²) in [6.45, 7) is -0.928. The quantitative estimate of drug-likeness (QED) is 0.812. The SMILES string of the molecule is NC1=N[C@@]2(c3cc(NC(=O)c4ccc(Cl)cn4)ccc3F)COC[C@@]2(F)CO1. The number of anilines is 1. The molecule has 0 spiro atoms. The van der Waals surface area contributed by atoms with E-state index in [0.717, 1.165) is 6.07 Å². The molecule has 4 rings (SSSR count). The Bertz CT molecular complexity index is 972. The van der Waals surface area contributed by atoms with Gasteiger partial charge in [0, 0.05) is 17.4 Å². The third-order valence-electron chi connectivity index (χ3n) is 4.76. The Balaban J connectivity index is 1.70. The van der Waals surface area contributed by atoms with Crippen molar-refractivity contribution in [3.8, 4) is 0 Å². The minimum absolute atomic E-state index is 0.0828. The number of aliphatic imine (C=N–C) groups is 1. The predicted octanol–water partition coefficient (Wildman–Crippen LogP) is 2.41. The van der Waals surface area contributed by atoms with Crippen LogP contribution in [0.2, 0.25) is 5.02 Å². The van der Waals surface area contributed by atoms with E-state index >= 15 is 4.39 Å². The van der Waals surface area contributed by atoms with E-state index in [-0.39, 0.29) is 36.2 Å². The highest BCUT2D eigenvalue weighted by molar-refractivity contribution is 6.30. The van der Waals surface area contributed by atoms with E-state index in [1.807, 2.05) is 0 Å². The molecule has 146 valence electrons. The smallest absolute Gasteiger partial charge is 0.283 e. The van der Waals surface area contributed by atoms with Gasteiger partial charge in [0.2, 0.25) is 0 Å². The van der Waals surface area contributed by atoms with Gasteiger partial charge in [-0.1, -0.05) is 11.6 Å². The summed E-state index contributed by atoms with van der Waals surface area (Å²) in [5.41, 5.74) is 2.11. The lowest BCUT2D eigenvalue weighted by Gasteiger charge is -2.38. The van der Waals surface area contributed by atoms with Gasteiger partial charge >= 0.3 is 0 Å². The Morgan fingerprint density at radius 2 is 2.07 bits per heavy atom. The molecule has 7 nitrogen and oxygen atoms in total. The van der Waals surface area contributed by atoms with Gasteiger partial charge in [-0.15, -0.1) is 0 Å². The normalized spacial score (nSPS) is 26.2. The molecule has 0 radical (unpaired) electrons. The number of rotatable bonds is 3. The second kappa shape index (κ2) is 6.68. The van der Waals surface area contributed by atoms with Gasteiger partial charge in [0.1, 0.15) is 18.1 Å². The van der Waals surface area contributed by atoms with Gasteiger partial charge < -0.3 is 20.5 Å². The third-order valence-corrected chi connectivity index (χ3v) is 4.99. The lowest BCUT2D eigenvalue weighted by molar-refractivity contribution is 0.00905. The van der Waals surface area contributed by atoms with Gasteiger partial charge in [-0.3, -0.25) is 4.79 Å². The first-order valence-electron chi connectivity index (χ1n) is 8.31. The van der Waals surface area contributed by atoms with Crippen molar-refractivity contribution in [2.75, 3.05) is 25.1 Å². The van der Waals surface area contributed by atoms with Crippen LogP contribution in [0.4, 0.5) is 14.5 Å². The standard InChI is InChI=1S/C18H15ClF2N4O3/c19-10-1-4-14(23-6-10)15(26)24-11-2-3-13(20)12(5-11)18-9-27-7-17(18,21)8-28-16(22)25-18/h1-6H,7-9H2,(H2,22,25)(H,24,26)/t17-,18-/m1/s1. The van der Waals surface area contributed by atoms with Crippen LogP contribution in [0.5, 0.6) is 0 Å². The minimum Gasteiger partial charge on any atom is -0.462 e. The van der Waals surface area contributed by atoms with Crippen LogP contribution < -0.4 is 11.1 Å².